The summed E-state index contributed by atoms with van der Waals surface area (Å²) >= 11 is 0. The average molecular weight is 160 g/mol. The van der Waals surface area contributed by atoms with E-state index >= 15 is 0 Å². The molecule has 0 aromatic rings. The van der Waals surface area contributed by atoms with Crippen LogP contribution in [-0.4, -0.2) is 24.3 Å². The van der Waals surface area contributed by atoms with Crippen molar-refractivity contribution >= 4 is 5.97 Å². The summed E-state index contributed by atoms with van der Waals surface area (Å²) in [5.74, 6) is 0.0628. The van der Waals surface area contributed by atoms with Crippen LogP contribution in [0.5, 0.6) is 0 Å². The van der Waals surface area contributed by atoms with E-state index in [0.29, 0.717) is 12.3 Å². The van der Waals surface area contributed by atoms with Crippen LogP contribution in [0.15, 0.2) is 0 Å². The largest absolute Gasteiger partial charge is 0.469 e. The third-order valence-corrected chi connectivity index (χ3v) is 1.37. The summed E-state index contributed by atoms with van der Waals surface area (Å²) < 4.78 is 4.40. The normalized spacial score (nSPS) is 13.2. The van der Waals surface area contributed by atoms with Crippen molar-refractivity contribution in [2.24, 2.45) is 5.92 Å². The molecule has 0 aromatic carbocycles. The van der Waals surface area contributed by atoms with Crippen molar-refractivity contribution in [3.05, 3.63) is 0 Å². The highest BCUT2D eigenvalue weighted by Crippen LogP contribution is 2.07. The molecular formula is C8H16O3. The molecule has 0 amide bonds. The van der Waals surface area contributed by atoms with E-state index in [1.54, 1.807) is 0 Å². The van der Waals surface area contributed by atoms with Gasteiger partial charge in [0.25, 0.3) is 0 Å². The Morgan fingerprint density at radius 2 is 2.09 bits per heavy atom. The Morgan fingerprint density at radius 3 is 2.45 bits per heavy atom. The monoisotopic (exact) mass is 160 g/mol. The molecule has 0 saturated heterocycles. The average Bonchev–Trinajstić information content (AvgIpc) is 1.85. The zero-order valence-electron chi connectivity index (χ0n) is 7.33. The molecule has 1 N–H and O–H groups in total. The molecule has 3 nitrogen and oxygen atoms in total. The van der Waals surface area contributed by atoms with Crippen molar-refractivity contribution in [2.45, 2.75) is 32.8 Å². The molecule has 0 aliphatic heterocycles. The van der Waals surface area contributed by atoms with Gasteiger partial charge in [-0.25, -0.2) is 0 Å². The van der Waals surface area contributed by atoms with Crippen LogP contribution >= 0.6 is 0 Å². The number of hydrogen-bond donors (Lipinski definition) is 1. The van der Waals surface area contributed by atoms with Crippen molar-refractivity contribution in [3.63, 3.8) is 0 Å². The highest BCUT2D eigenvalue weighted by atomic mass is 16.5. The Hall–Kier alpha value is -0.570. The lowest BCUT2D eigenvalue weighted by atomic mass is 10.0. The van der Waals surface area contributed by atoms with Gasteiger partial charge >= 0.3 is 5.97 Å². The fraction of sp³-hybridized carbons (Fsp3) is 0.875. The second-order valence-corrected chi connectivity index (χ2v) is 3.06. The van der Waals surface area contributed by atoms with Crippen LogP contribution in [0.4, 0.5) is 0 Å². The first kappa shape index (κ1) is 10.4. The second kappa shape index (κ2) is 5.13. The maximum atomic E-state index is 10.6. The van der Waals surface area contributed by atoms with Gasteiger partial charge in [0.1, 0.15) is 0 Å². The molecule has 0 aliphatic carbocycles. The highest BCUT2D eigenvalue weighted by Gasteiger charge is 2.11. The highest BCUT2D eigenvalue weighted by molar-refractivity contribution is 5.69. The summed E-state index contributed by atoms with van der Waals surface area (Å²) in [6.45, 7) is 4.00. The fourth-order valence-corrected chi connectivity index (χ4v) is 0.903. The third kappa shape index (κ3) is 5.85. The molecule has 1 atom stereocenters. The number of aliphatic hydroxyl groups is 1. The van der Waals surface area contributed by atoms with Gasteiger partial charge in [-0.15, -0.1) is 0 Å². The predicted octanol–water partition coefficient (Wildman–Crippen LogP) is 0.956. The van der Waals surface area contributed by atoms with Gasteiger partial charge in [0.2, 0.25) is 0 Å². The lowest BCUT2D eigenvalue weighted by molar-refractivity contribution is -0.142. The fourth-order valence-electron chi connectivity index (χ4n) is 0.903. The molecule has 0 fully saturated rings. The summed E-state index contributed by atoms with van der Waals surface area (Å²) in [6, 6.07) is 0. The number of esters is 1. The maximum absolute atomic E-state index is 10.6. The molecule has 0 heterocycles. The summed E-state index contributed by atoms with van der Waals surface area (Å²) in [5, 5.41) is 9.22. The van der Waals surface area contributed by atoms with Crippen molar-refractivity contribution in [2.75, 3.05) is 7.11 Å². The molecular weight excluding hydrogens is 144 g/mol. The van der Waals surface area contributed by atoms with Crippen molar-refractivity contribution < 1.29 is 14.6 Å². The molecule has 11 heavy (non-hydrogen) atoms. The van der Waals surface area contributed by atoms with Crippen LogP contribution in [-0.2, 0) is 9.53 Å². The summed E-state index contributed by atoms with van der Waals surface area (Å²) in [6.07, 6.45) is 0.200. The van der Waals surface area contributed by atoms with E-state index < -0.39 is 6.10 Å². The van der Waals surface area contributed by atoms with Crippen LogP contribution in [0.1, 0.15) is 26.7 Å². The van der Waals surface area contributed by atoms with Gasteiger partial charge in [-0.05, 0) is 12.3 Å². The summed E-state index contributed by atoms with van der Waals surface area (Å²) in [7, 11) is 1.32. The van der Waals surface area contributed by atoms with E-state index in [4.69, 9.17) is 0 Å². The minimum atomic E-state index is -0.553. The Balaban J connectivity index is 3.51. The van der Waals surface area contributed by atoms with Gasteiger partial charge < -0.3 is 9.84 Å². The zero-order chi connectivity index (χ0) is 8.85. The van der Waals surface area contributed by atoms with E-state index in [1.807, 2.05) is 13.8 Å². The van der Waals surface area contributed by atoms with E-state index in [-0.39, 0.29) is 12.4 Å². The van der Waals surface area contributed by atoms with Gasteiger partial charge in [0.15, 0.2) is 0 Å². The van der Waals surface area contributed by atoms with Gasteiger partial charge in [0.05, 0.1) is 19.6 Å². The minimum absolute atomic E-state index is 0.106. The van der Waals surface area contributed by atoms with Crippen LogP contribution < -0.4 is 0 Å². The van der Waals surface area contributed by atoms with E-state index in [9.17, 15) is 9.90 Å². The van der Waals surface area contributed by atoms with Crippen LogP contribution in [0.2, 0.25) is 0 Å². The molecule has 0 aromatic heterocycles. The lowest BCUT2D eigenvalue weighted by Crippen LogP contribution is -2.16. The molecule has 0 spiro atoms. The first-order chi connectivity index (χ1) is 5.06. The number of aliphatic hydroxyl groups excluding tert-OH is 1. The van der Waals surface area contributed by atoms with Crippen LogP contribution in [0, 0.1) is 5.92 Å². The molecule has 0 saturated carbocycles. The van der Waals surface area contributed by atoms with Crippen molar-refractivity contribution in [3.8, 4) is 0 Å². The molecule has 0 aliphatic rings. The van der Waals surface area contributed by atoms with Crippen LogP contribution in [0.3, 0.4) is 0 Å². The van der Waals surface area contributed by atoms with Crippen molar-refractivity contribution in [1.82, 2.24) is 0 Å². The SMILES string of the molecule is COC(=O)C[C@@H](O)CC(C)C. The van der Waals surface area contributed by atoms with Gasteiger partial charge in [-0.2, -0.15) is 0 Å². The first-order valence-electron chi connectivity index (χ1n) is 3.81. The van der Waals surface area contributed by atoms with Gasteiger partial charge in [-0.3, -0.25) is 4.79 Å². The predicted molar refractivity (Wildman–Crippen MR) is 42.1 cm³/mol. The quantitative estimate of drug-likeness (QED) is 0.623. The Morgan fingerprint density at radius 1 is 1.55 bits per heavy atom. The molecule has 0 rings (SSSR count). The Labute approximate surface area is 67.4 Å². The van der Waals surface area contributed by atoms with Gasteiger partial charge in [-0.1, -0.05) is 13.8 Å². The van der Waals surface area contributed by atoms with Gasteiger partial charge in [0, 0.05) is 0 Å². The number of ether oxygens (including phenoxy) is 1. The first-order valence-corrected chi connectivity index (χ1v) is 3.81. The zero-order valence-corrected chi connectivity index (χ0v) is 7.33. The van der Waals surface area contributed by atoms with E-state index in [0.717, 1.165) is 0 Å². The van der Waals surface area contributed by atoms with Crippen molar-refractivity contribution in [1.29, 1.82) is 0 Å². The van der Waals surface area contributed by atoms with E-state index in [2.05, 4.69) is 4.74 Å². The summed E-state index contributed by atoms with van der Waals surface area (Å²) in [5.41, 5.74) is 0. The Bertz CT molecular complexity index is 121. The molecule has 0 radical (unpaired) electrons. The Kier molecular flexibility index (Phi) is 4.86. The second-order valence-electron chi connectivity index (χ2n) is 3.06. The number of carbonyl (C=O) groups excluding carboxylic acids is 1. The number of hydrogen-bond acceptors (Lipinski definition) is 3. The lowest BCUT2D eigenvalue weighted by Gasteiger charge is -2.10. The smallest absolute Gasteiger partial charge is 0.308 e. The summed E-state index contributed by atoms with van der Waals surface area (Å²) in [4.78, 5) is 10.6. The minimum Gasteiger partial charge on any atom is -0.469 e. The maximum Gasteiger partial charge on any atom is 0.308 e. The number of methoxy groups -OCH3 is 1. The third-order valence-electron chi connectivity index (χ3n) is 1.37. The topological polar surface area (TPSA) is 46.5 Å². The van der Waals surface area contributed by atoms with Crippen LogP contribution in [0.25, 0.3) is 0 Å². The molecule has 0 unspecified atom stereocenters. The van der Waals surface area contributed by atoms with E-state index in [1.165, 1.54) is 7.11 Å². The molecule has 3 heteroatoms. The molecule has 66 valence electrons. The number of rotatable bonds is 4. The number of carbonyl (C=O) groups is 1. The molecule has 0 bridgehead atoms. The standard InChI is InChI=1S/C8H16O3/c1-6(2)4-7(9)5-8(10)11-3/h6-7,9H,4-5H2,1-3H3/t7-/m0/s1.